The maximum absolute atomic E-state index is 12.0. The van der Waals surface area contributed by atoms with Gasteiger partial charge in [-0.25, -0.2) is 0 Å². The molecule has 1 heterocycles. The Bertz CT molecular complexity index is 505. The Labute approximate surface area is 133 Å². The average Bonchev–Trinajstić information content (AvgIpc) is 2.66. The summed E-state index contributed by atoms with van der Waals surface area (Å²) in [5.41, 5.74) is 1.98. The molecule has 20 heavy (non-hydrogen) atoms. The lowest BCUT2D eigenvalue weighted by atomic mass is 10.1. The van der Waals surface area contributed by atoms with E-state index in [0.29, 0.717) is 5.92 Å². The summed E-state index contributed by atoms with van der Waals surface area (Å²) in [5.74, 6) is 1.85. The van der Waals surface area contributed by atoms with Gasteiger partial charge in [0, 0.05) is 20.6 Å². The summed E-state index contributed by atoms with van der Waals surface area (Å²) in [4.78, 5) is 13.1. The van der Waals surface area contributed by atoms with Gasteiger partial charge in [0.1, 0.15) is 6.04 Å². The van der Waals surface area contributed by atoms with Crippen LogP contribution in [0.15, 0.2) is 21.5 Å². The summed E-state index contributed by atoms with van der Waals surface area (Å²) >= 11 is 5.47. The van der Waals surface area contributed by atoms with Crippen LogP contribution in [0.4, 0.5) is 5.69 Å². The predicted octanol–water partition coefficient (Wildman–Crippen LogP) is 4.19. The van der Waals surface area contributed by atoms with Crippen molar-refractivity contribution >= 4 is 39.3 Å². The number of rotatable bonds is 6. The number of amides is 1. The van der Waals surface area contributed by atoms with E-state index in [-0.39, 0.29) is 11.9 Å². The van der Waals surface area contributed by atoms with Gasteiger partial charge >= 0.3 is 0 Å². The second-order valence-electron chi connectivity index (χ2n) is 5.38. The molecule has 0 spiro atoms. The van der Waals surface area contributed by atoms with Crippen LogP contribution in [0.1, 0.15) is 38.8 Å². The van der Waals surface area contributed by atoms with Crippen LogP contribution in [-0.2, 0) is 4.79 Å². The van der Waals surface area contributed by atoms with Crippen molar-refractivity contribution in [3.05, 3.63) is 22.2 Å². The number of anilines is 1. The van der Waals surface area contributed by atoms with Crippen LogP contribution in [0.3, 0.4) is 0 Å². The van der Waals surface area contributed by atoms with E-state index in [0.717, 1.165) is 28.0 Å². The molecule has 1 unspecified atom stereocenters. The van der Waals surface area contributed by atoms with Crippen molar-refractivity contribution in [1.82, 2.24) is 5.32 Å². The number of thioether (sulfide) groups is 1. The van der Waals surface area contributed by atoms with Crippen LogP contribution < -0.4 is 10.6 Å². The average molecular weight is 357 g/mol. The van der Waals surface area contributed by atoms with Crippen LogP contribution >= 0.6 is 27.7 Å². The van der Waals surface area contributed by atoms with Crippen LogP contribution in [0.5, 0.6) is 0 Å². The van der Waals surface area contributed by atoms with Gasteiger partial charge in [-0.3, -0.25) is 4.79 Å². The van der Waals surface area contributed by atoms with Gasteiger partial charge in [-0.05, 0) is 52.7 Å². The molecule has 0 fully saturated rings. The van der Waals surface area contributed by atoms with Crippen LogP contribution in [0, 0.1) is 5.92 Å². The van der Waals surface area contributed by atoms with E-state index in [2.05, 4.69) is 52.5 Å². The van der Waals surface area contributed by atoms with Gasteiger partial charge in [-0.15, -0.1) is 11.8 Å². The smallest absolute Gasteiger partial charge is 0.246 e. The zero-order valence-electron chi connectivity index (χ0n) is 12.1. The molecule has 5 heteroatoms. The molecular weight excluding hydrogens is 336 g/mol. The third-order valence-electron chi connectivity index (χ3n) is 3.30. The topological polar surface area (TPSA) is 41.1 Å². The van der Waals surface area contributed by atoms with Gasteiger partial charge < -0.3 is 10.6 Å². The number of fused-ring (bicyclic) bond motifs is 1. The molecule has 0 radical (unpaired) electrons. The van der Waals surface area contributed by atoms with Crippen molar-refractivity contribution < 1.29 is 4.79 Å². The Morgan fingerprint density at radius 2 is 2.20 bits per heavy atom. The first-order chi connectivity index (χ1) is 9.52. The SMILES string of the molecule is CCNC1C(=O)Nc2cc(SCCC(C)C)c(Br)cc21. The van der Waals surface area contributed by atoms with Gasteiger partial charge in [-0.2, -0.15) is 0 Å². The van der Waals surface area contributed by atoms with Crippen LogP contribution in [-0.4, -0.2) is 18.2 Å². The van der Waals surface area contributed by atoms with E-state index < -0.39 is 0 Å². The molecule has 110 valence electrons. The van der Waals surface area contributed by atoms with Gasteiger partial charge in [0.25, 0.3) is 0 Å². The molecular formula is C15H21BrN2OS. The minimum Gasteiger partial charge on any atom is -0.324 e. The van der Waals surface area contributed by atoms with Gasteiger partial charge in [0.2, 0.25) is 5.91 Å². The summed E-state index contributed by atoms with van der Waals surface area (Å²) in [7, 11) is 0. The second-order valence-corrected chi connectivity index (χ2v) is 7.37. The van der Waals surface area contributed by atoms with Gasteiger partial charge in [0.15, 0.2) is 0 Å². The summed E-state index contributed by atoms with van der Waals surface area (Å²) in [6.45, 7) is 7.26. The molecule has 0 bridgehead atoms. The van der Waals surface area contributed by atoms with Crippen LogP contribution in [0.25, 0.3) is 0 Å². The quantitative estimate of drug-likeness (QED) is 0.750. The Morgan fingerprint density at radius 3 is 2.85 bits per heavy atom. The highest BCUT2D eigenvalue weighted by Crippen LogP contribution is 2.39. The molecule has 1 aliphatic heterocycles. The van der Waals surface area contributed by atoms with E-state index in [1.165, 1.54) is 11.3 Å². The lowest BCUT2D eigenvalue weighted by Gasteiger charge is -2.11. The first kappa shape index (κ1) is 15.9. The van der Waals surface area contributed by atoms with Crippen LogP contribution in [0.2, 0.25) is 0 Å². The van der Waals surface area contributed by atoms with Crippen molar-refractivity contribution in [3.63, 3.8) is 0 Å². The molecule has 0 saturated carbocycles. The number of hydrogen-bond donors (Lipinski definition) is 2. The van der Waals surface area contributed by atoms with Crippen molar-refractivity contribution in [2.75, 3.05) is 17.6 Å². The number of hydrogen-bond acceptors (Lipinski definition) is 3. The second kappa shape index (κ2) is 6.96. The van der Waals surface area contributed by atoms with E-state index in [4.69, 9.17) is 0 Å². The number of carbonyl (C=O) groups excluding carboxylic acids is 1. The van der Waals surface area contributed by atoms with Crippen molar-refractivity contribution in [3.8, 4) is 0 Å². The molecule has 0 saturated heterocycles. The van der Waals surface area contributed by atoms with E-state index in [9.17, 15) is 4.79 Å². The molecule has 1 amide bonds. The summed E-state index contributed by atoms with van der Waals surface area (Å²) < 4.78 is 1.07. The number of carbonyl (C=O) groups is 1. The molecule has 3 nitrogen and oxygen atoms in total. The van der Waals surface area contributed by atoms with E-state index in [1.54, 1.807) is 0 Å². The highest BCUT2D eigenvalue weighted by molar-refractivity contribution is 9.10. The lowest BCUT2D eigenvalue weighted by molar-refractivity contribution is -0.117. The Morgan fingerprint density at radius 1 is 1.45 bits per heavy atom. The molecule has 1 aromatic rings. The first-order valence-electron chi connectivity index (χ1n) is 7.03. The molecule has 2 rings (SSSR count). The maximum Gasteiger partial charge on any atom is 0.246 e. The monoisotopic (exact) mass is 356 g/mol. The highest BCUT2D eigenvalue weighted by atomic mass is 79.9. The number of nitrogens with one attached hydrogen (secondary N) is 2. The standard InChI is InChI=1S/C15H21BrN2OS/c1-4-17-14-10-7-11(16)13(20-6-5-9(2)3)8-12(10)18-15(14)19/h7-9,14,17H,4-6H2,1-3H3,(H,18,19). The van der Waals surface area contributed by atoms with Crippen molar-refractivity contribution in [2.45, 2.75) is 38.1 Å². The van der Waals surface area contributed by atoms with Gasteiger partial charge in [0.05, 0.1) is 0 Å². The normalized spacial score (nSPS) is 17.4. The Kier molecular flexibility index (Phi) is 5.52. The predicted molar refractivity (Wildman–Crippen MR) is 89.4 cm³/mol. The fourth-order valence-corrected chi connectivity index (χ4v) is 4.10. The summed E-state index contributed by atoms with van der Waals surface area (Å²) in [6.07, 6.45) is 1.20. The molecule has 1 atom stereocenters. The van der Waals surface area contributed by atoms with E-state index in [1.807, 2.05) is 18.7 Å². The molecule has 2 N–H and O–H groups in total. The van der Waals surface area contributed by atoms with E-state index >= 15 is 0 Å². The lowest BCUT2D eigenvalue weighted by Crippen LogP contribution is -2.27. The Hall–Kier alpha value is -0.520. The molecule has 1 aromatic carbocycles. The first-order valence-corrected chi connectivity index (χ1v) is 8.81. The largest absolute Gasteiger partial charge is 0.324 e. The minimum absolute atomic E-state index is 0.0399. The number of likely N-dealkylation sites (N-methyl/N-ethyl adjacent to an activating group) is 1. The maximum atomic E-state index is 12.0. The summed E-state index contributed by atoms with van der Waals surface area (Å²) in [6, 6.07) is 3.93. The number of halogens is 1. The van der Waals surface area contributed by atoms with Gasteiger partial charge in [-0.1, -0.05) is 20.8 Å². The third-order valence-corrected chi connectivity index (χ3v) is 5.30. The molecule has 1 aliphatic rings. The minimum atomic E-state index is -0.221. The third kappa shape index (κ3) is 3.57. The fraction of sp³-hybridized carbons (Fsp3) is 0.533. The zero-order valence-corrected chi connectivity index (χ0v) is 14.5. The summed E-state index contributed by atoms with van der Waals surface area (Å²) in [5, 5.41) is 6.18. The molecule has 0 aromatic heterocycles. The van der Waals surface area contributed by atoms with Crippen molar-refractivity contribution in [1.29, 1.82) is 0 Å². The molecule has 0 aliphatic carbocycles. The fourth-order valence-electron chi connectivity index (χ4n) is 2.18. The zero-order chi connectivity index (χ0) is 14.7. The highest BCUT2D eigenvalue weighted by Gasteiger charge is 2.30. The van der Waals surface area contributed by atoms with Crippen molar-refractivity contribution in [2.24, 2.45) is 5.92 Å². The Balaban J connectivity index is 2.15. The number of benzene rings is 1.